The molecule has 1 amide bonds. The van der Waals surface area contributed by atoms with E-state index < -0.39 is 0 Å². The maximum Gasteiger partial charge on any atom is 0.221 e. The number of carbonyl (C=O) groups excluding carboxylic acids is 1. The fourth-order valence-corrected chi connectivity index (χ4v) is 5.07. The lowest BCUT2D eigenvalue weighted by atomic mass is 9.88. The molecule has 1 aromatic heterocycles. The number of likely N-dealkylation sites (tertiary alicyclic amines) is 1. The van der Waals surface area contributed by atoms with Gasteiger partial charge >= 0.3 is 0 Å². The van der Waals surface area contributed by atoms with Crippen molar-refractivity contribution in [2.24, 2.45) is 0 Å². The van der Waals surface area contributed by atoms with Gasteiger partial charge < -0.3 is 5.32 Å². The van der Waals surface area contributed by atoms with Crippen molar-refractivity contribution >= 4 is 17.2 Å². The first-order chi connectivity index (χ1) is 14.3. The first kappa shape index (κ1) is 19.9. The van der Waals surface area contributed by atoms with Gasteiger partial charge in [0.15, 0.2) is 0 Å². The zero-order valence-corrected chi connectivity index (χ0v) is 17.5. The van der Waals surface area contributed by atoms with Gasteiger partial charge in [-0.05, 0) is 48.5 Å². The third-order valence-electron chi connectivity index (χ3n) is 5.74. The van der Waals surface area contributed by atoms with Gasteiger partial charge in [0.25, 0.3) is 0 Å². The number of hydrogen-bond acceptors (Lipinski definition) is 3. The first-order valence-corrected chi connectivity index (χ1v) is 11.3. The van der Waals surface area contributed by atoms with Crippen molar-refractivity contribution in [2.75, 3.05) is 19.6 Å². The predicted octanol–water partition coefficient (Wildman–Crippen LogP) is 5.22. The van der Waals surface area contributed by atoms with E-state index in [2.05, 4.69) is 52.0 Å². The largest absolute Gasteiger partial charge is 0.354 e. The van der Waals surface area contributed by atoms with E-state index in [1.807, 2.05) is 36.4 Å². The number of nitrogens with zero attached hydrogens (tertiary/aromatic N) is 1. The molecule has 0 bridgehead atoms. The summed E-state index contributed by atoms with van der Waals surface area (Å²) in [7, 11) is 0. The van der Waals surface area contributed by atoms with Crippen molar-refractivity contribution in [3.05, 3.63) is 94.2 Å². The van der Waals surface area contributed by atoms with Crippen LogP contribution in [0.4, 0.5) is 0 Å². The maximum absolute atomic E-state index is 13.0. The molecule has 0 unspecified atom stereocenters. The summed E-state index contributed by atoms with van der Waals surface area (Å²) >= 11 is 1.78. The Labute approximate surface area is 177 Å². The summed E-state index contributed by atoms with van der Waals surface area (Å²) in [6.45, 7) is 2.92. The van der Waals surface area contributed by atoms with Gasteiger partial charge in [0.2, 0.25) is 5.91 Å². The lowest BCUT2D eigenvalue weighted by molar-refractivity contribution is -0.121. The van der Waals surface area contributed by atoms with Gasteiger partial charge in [0, 0.05) is 23.8 Å². The minimum Gasteiger partial charge on any atom is -0.354 e. The molecule has 1 fully saturated rings. The second kappa shape index (κ2) is 9.86. The molecule has 1 atom stereocenters. The van der Waals surface area contributed by atoms with E-state index in [-0.39, 0.29) is 17.9 Å². The van der Waals surface area contributed by atoms with E-state index in [0.29, 0.717) is 13.0 Å². The fraction of sp³-hybridized carbons (Fsp3) is 0.320. The van der Waals surface area contributed by atoms with Gasteiger partial charge in [-0.1, -0.05) is 66.7 Å². The van der Waals surface area contributed by atoms with E-state index in [0.717, 1.165) is 13.1 Å². The highest BCUT2D eigenvalue weighted by atomic mass is 32.1. The molecule has 1 N–H and O–H groups in total. The summed E-state index contributed by atoms with van der Waals surface area (Å²) in [4.78, 5) is 16.8. The van der Waals surface area contributed by atoms with Crippen LogP contribution in [0.2, 0.25) is 0 Å². The monoisotopic (exact) mass is 404 g/mol. The van der Waals surface area contributed by atoms with Crippen LogP contribution in [0.1, 0.15) is 47.2 Å². The van der Waals surface area contributed by atoms with Gasteiger partial charge in [0.05, 0.1) is 6.04 Å². The summed E-state index contributed by atoms with van der Waals surface area (Å²) in [6, 6.07) is 25.3. The van der Waals surface area contributed by atoms with Crippen LogP contribution >= 0.6 is 11.3 Å². The average Bonchev–Trinajstić information content (AvgIpc) is 3.48. The summed E-state index contributed by atoms with van der Waals surface area (Å²) < 4.78 is 0. The van der Waals surface area contributed by atoms with Crippen molar-refractivity contribution in [1.82, 2.24) is 10.2 Å². The molecule has 29 heavy (non-hydrogen) atoms. The van der Waals surface area contributed by atoms with Gasteiger partial charge in [-0.3, -0.25) is 9.69 Å². The summed E-state index contributed by atoms with van der Waals surface area (Å²) in [5.41, 5.74) is 2.37. The minimum atomic E-state index is 0.0735. The molecule has 4 rings (SSSR count). The Morgan fingerprint density at radius 1 is 0.897 bits per heavy atom. The molecule has 150 valence electrons. The molecule has 0 spiro atoms. The van der Waals surface area contributed by atoms with Crippen molar-refractivity contribution < 1.29 is 4.79 Å². The minimum absolute atomic E-state index is 0.0735. The smallest absolute Gasteiger partial charge is 0.221 e. The Hall–Kier alpha value is -2.43. The number of thiophene rings is 1. The van der Waals surface area contributed by atoms with Crippen LogP contribution in [-0.4, -0.2) is 30.4 Å². The molecular weight excluding hydrogens is 376 g/mol. The SMILES string of the molecule is O=C(CC(c1ccccc1)c1ccccc1)NC[C@H](c1cccs1)N1CCCC1. The molecule has 1 aliphatic heterocycles. The zero-order chi connectivity index (χ0) is 19.9. The fourth-order valence-electron chi connectivity index (χ4n) is 4.21. The number of benzene rings is 2. The molecule has 3 aromatic rings. The molecule has 0 radical (unpaired) electrons. The highest BCUT2D eigenvalue weighted by Crippen LogP contribution is 2.29. The maximum atomic E-state index is 13.0. The second-order valence-electron chi connectivity index (χ2n) is 7.66. The highest BCUT2D eigenvalue weighted by molar-refractivity contribution is 7.10. The van der Waals surface area contributed by atoms with Gasteiger partial charge in [-0.15, -0.1) is 11.3 Å². The van der Waals surface area contributed by atoms with Crippen LogP contribution in [0.3, 0.4) is 0 Å². The van der Waals surface area contributed by atoms with Crippen LogP contribution in [0.15, 0.2) is 78.2 Å². The molecule has 0 aliphatic carbocycles. The number of amides is 1. The lowest BCUT2D eigenvalue weighted by Gasteiger charge is -2.27. The molecule has 1 saturated heterocycles. The third kappa shape index (κ3) is 5.14. The molecule has 1 aliphatic rings. The molecule has 3 nitrogen and oxygen atoms in total. The standard InChI is InChI=1S/C25H28N2OS/c28-25(26-19-23(24-14-9-17-29-24)27-15-7-8-16-27)18-22(20-10-3-1-4-11-20)21-12-5-2-6-13-21/h1-6,9-14,17,22-23H,7-8,15-16,18-19H2,(H,26,28)/t23-/m1/s1. The number of carbonyl (C=O) groups is 1. The van der Waals surface area contributed by atoms with Crippen molar-refractivity contribution in [2.45, 2.75) is 31.2 Å². The van der Waals surface area contributed by atoms with E-state index in [1.54, 1.807) is 11.3 Å². The van der Waals surface area contributed by atoms with Crippen LogP contribution in [0.5, 0.6) is 0 Å². The van der Waals surface area contributed by atoms with Crippen LogP contribution in [0, 0.1) is 0 Å². The van der Waals surface area contributed by atoms with Crippen molar-refractivity contribution in [3.63, 3.8) is 0 Å². The normalized spacial score (nSPS) is 15.5. The highest BCUT2D eigenvalue weighted by Gasteiger charge is 2.25. The Bertz CT molecular complexity index is 834. The van der Waals surface area contributed by atoms with E-state index in [9.17, 15) is 4.79 Å². The van der Waals surface area contributed by atoms with Crippen molar-refractivity contribution in [3.8, 4) is 0 Å². The average molecular weight is 405 g/mol. The number of hydrogen-bond donors (Lipinski definition) is 1. The Kier molecular flexibility index (Phi) is 6.75. The Balaban J connectivity index is 1.45. The van der Waals surface area contributed by atoms with E-state index in [1.165, 1.54) is 28.8 Å². The van der Waals surface area contributed by atoms with Gasteiger partial charge in [-0.25, -0.2) is 0 Å². The number of rotatable bonds is 8. The quantitative estimate of drug-likeness (QED) is 0.558. The Morgan fingerprint density at radius 3 is 2.07 bits per heavy atom. The number of nitrogens with one attached hydrogen (secondary N) is 1. The molecule has 0 saturated carbocycles. The molecule has 2 heterocycles. The predicted molar refractivity (Wildman–Crippen MR) is 120 cm³/mol. The van der Waals surface area contributed by atoms with Crippen LogP contribution in [-0.2, 0) is 4.79 Å². The van der Waals surface area contributed by atoms with E-state index in [4.69, 9.17) is 0 Å². The zero-order valence-electron chi connectivity index (χ0n) is 16.7. The summed E-state index contributed by atoms with van der Waals surface area (Å²) in [6.07, 6.45) is 2.96. The topological polar surface area (TPSA) is 32.3 Å². The second-order valence-corrected chi connectivity index (χ2v) is 8.64. The lowest BCUT2D eigenvalue weighted by Crippen LogP contribution is -2.36. The summed E-state index contributed by atoms with van der Waals surface area (Å²) in [5, 5.41) is 5.37. The van der Waals surface area contributed by atoms with Gasteiger partial charge in [0.1, 0.15) is 0 Å². The van der Waals surface area contributed by atoms with Crippen LogP contribution < -0.4 is 5.32 Å². The van der Waals surface area contributed by atoms with Gasteiger partial charge in [-0.2, -0.15) is 0 Å². The molecule has 4 heteroatoms. The summed E-state index contributed by atoms with van der Waals surface area (Å²) in [5.74, 6) is 0.188. The molecular formula is C25H28N2OS. The van der Waals surface area contributed by atoms with E-state index >= 15 is 0 Å². The third-order valence-corrected chi connectivity index (χ3v) is 6.71. The first-order valence-electron chi connectivity index (χ1n) is 10.5. The Morgan fingerprint density at radius 2 is 1.52 bits per heavy atom. The van der Waals surface area contributed by atoms with Crippen LogP contribution in [0.25, 0.3) is 0 Å². The molecule has 2 aromatic carbocycles. The van der Waals surface area contributed by atoms with Crippen molar-refractivity contribution in [1.29, 1.82) is 0 Å².